The molecule has 2 aromatic carbocycles. The number of nitrogens with one attached hydrogen (secondary N) is 1. The number of likely N-dealkylation sites (N-methyl/N-ethyl adjacent to an activating group) is 1. The smallest absolute Gasteiger partial charge is 0.242 e. The topological polar surface area (TPSA) is 86.8 Å². The molecule has 33 heavy (non-hydrogen) atoms. The van der Waals surface area contributed by atoms with Crippen molar-refractivity contribution in [1.82, 2.24) is 10.2 Å². The van der Waals surface area contributed by atoms with E-state index in [-0.39, 0.29) is 31.3 Å². The van der Waals surface area contributed by atoms with Crippen LogP contribution in [-0.2, 0) is 26.2 Å². The summed E-state index contributed by atoms with van der Waals surface area (Å²) >= 11 is 6.18. The number of nitrogens with zero attached hydrogens (tertiary/aromatic N) is 2. The largest absolute Gasteiger partial charge is 0.357 e. The van der Waals surface area contributed by atoms with Crippen LogP contribution in [0.15, 0.2) is 42.5 Å². The molecule has 0 aliphatic carbocycles. The summed E-state index contributed by atoms with van der Waals surface area (Å²) in [5.41, 5.74) is 3.17. The number of anilines is 1. The molecule has 0 aliphatic rings. The molecule has 0 aliphatic heterocycles. The van der Waals surface area contributed by atoms with E-state index in [4.69, 9.17) is 11.6 Å². The average molecular weight is 494 g/mol. The van der Waals surface area contributed by atoms with E-state index in [9.17, 15) is 18.0 Å². The fourth-order valence-corrected chi connectivity index (χ4v) is 4.72. The van der Waals surface area contributed by atoms with E-state index in [1.54, 1.807) is 32.0 Å². The van der Waals surface area contributed by atoms with Gasteiger partial charge in [-0.2, -0.15) is 0 Å². The molecule has 0 saturated heterocycles. The molecule has 0 saturated carbocycles. The van der Waals surface area contributed by atoms with Crippen LogP contribution in [0.3, 0.4) is 0 Å². The van der Waals surface area contributed by atoms with Gasteiger partial charge in [-0.1, -0.05) is 47.5 Å². The lowest BCUT2D eigenvalue weighted by molar-refractivity contribution is -0.140. The molecule has 0 unspecified atom stereocenters. The molecular formula is C24H32ClN3O4S. The Bertz CT molecular complexity index is 1090. The molecule has 0 bridgehead atoms. The molecule has 0 spiro atoms. The number of sulfonamides is 1. The molecule has 7 nitrogen and oxygen atoms in total. The summed E-state index contributed by atoms with van der Waals surface area (Å²) in [6.07, 6.45) is 1.52. The van der Waals surface area contributed by atoms with Crippen molar-refractivity contribution in [2.75, 3.05) is 24.2 Å². The van der Waals surface area contributed by atoms with Gasteiger partial charge in [-0.3, -0.25) is 13.9 Å². The summed E-state index contributed by atoms with van der Waals surface area (Å²) in [6.45, 7) is 5.84. The number of rotatable bonds is 10. The van der Waals surface area contributed by atoms with Crippen LogP contribution in [0, 0.1) is 13.8 Å². The van der Waals surface area contributed by atoms with Crippen molar-refractivity contribution < 1.29 is 18.0 Å². The second-order valence-electron chi connectivity index (χ2n) is 8.12. The monoisotopic (exact) mass is 493 g/mol. The van der Waals surface area contributed by atoms with Crippen molar-refractivity contribution >= 4 is 39.1 Å². The summed E-state index contributed by atoms with van der Waals surface area (Å²) in [7, 11) is -2.04. The molecular weight excluding hydrogens is 462 g/mol. The summed E-state index contributed by atoms with van der Waals surface area (Å²) in [4.78, 5) is 26.9. The highest BCUT2D eigenvalue weighted by Crippen LogP contribution is 2.28. The van der Waals surface area contributed by atoms with Crippen molar-refractivity contribution in [3.8, 4) is 0 Å². The third-order valence-corrected chi connectivity index (χ3v) is 7.14. The molecule has 0 aromatic heterocycles. The highest BCUT2D eigenvalue weighted by Gasteiger charge is 2.26. The molecule has 0 heterocycles. The maximum absolute atomic E-state index is 13.1. The minimum Gasteiger partial charge on any atom is -0.357 e. The number of amides is 2. The molecule has 1 N–H and O–H groups in total. The van der Waals surface area contributed by atoms with Gasteiger partial charge >= 0.3 is 0 Å². The van der Waals surface area contributed by atoms with Crippen LogP contribution >= 0.6 is 11.6 Å². The third-order valence-electron chi connectivity index (χ3n) is 5.55. The number of halogens is 1. The van der Waals surface area contributed by atoms with E-state index in [1.807, 2.05) is 31.2 Å². The second kappa shape index (κ2) is 11.5. The predicted molar refractivity (Wildman–Crippen MR) is 133 cm³/mol. The van der Waals surface area contributed by atoms with Gasteiger partial charge in [-0.25, -0.2) is 8.42 Å². The van der Waals surface area contributed by atoms with Crippen LogP contribution in [0.4, 0.5) is 5.69 Å². The summed E-state index contributed by atoms with van der Waals surface area (Å²) in [6, 6.07) is 12.2. The zero-order valence-corrected chi connectivity index (χ0v) is 21.3. The Morgan fingerprint density at radius 1 is 1.09 bits per heavy atom. The van der Waals surface area contributed by atoms with E-state index < -0.39 is 16.1 Å². The van der Waals surface area contributed by atoms with Crippen molar-refractivity contribution in [2.24, 2.45) is 0 Å². The average Bonchev–Trinajstić information content (AvgIpc) is 2.76. The third kappa shape index (κ3) is 7.20. The Morgan fingerprint density at radius 2 is 1.73 bits per heavy atom. The van der Waals surface area contributed by atoms with Crippen LogP contribution in [0.5, 0.6) is 0 Å². The molecule has 0 radical (unpaired) electrons. The highest BCUT2D eigenvalue weighted by molar-refractivity contribution is 7.92. The van der Waals surface area contributed by atoms with Crippen molar-refractivity contribution in [2.45, 2.75) is 46.2 Å². The predicted octanol–water partition coefficient (Wildman–Crippen LogP) is 3.67. The standard InChI is InChI=1S/C24H32ClN3O4S/c1-17-11-13-20(14-12-17)16-27(19(3)24(30)26-4)23(29)10-7-15-28(33(5,31)32)22-9-6-8-21(25)18(22)2/h6,8-9,11-14,19H,7,10,15-16H2,1-5H3,(H,26,30)/t19-/m1/s1. The van der Waals surface area contributed by atoms with Gasteiger partial charge in [0.05, 0.1) is 11.9 Å². The number of hydrogen-bond donors (Lipinski definition) is 1. The van der Waals surface area contributed by atoms with Crippen LogP contribution in [0.2, 0.25) is 5.02 Å². The number of aryl methyl sites for hydroxylation is 1. The minimum atomic E-state index is -3.58. The lowest BCUT2D eigenvalue weighted by Crippen LogP contribution is -2.46. The molecule has 2 aromatic rings. The van der Waals surface area contributed by atoms with E-state index in [2.05, 4.69) is 5.32 Å². The first-order valence-corrected chi connectivity index (χ1v) is 13.0. The first-order chi connectivity index (χ1) is 15.5. The fraction of sp³-hybridized carbons (Fsp3) is 0.417. The van der Waals surface area contributed by atoms with E-state index in [1.165, 1.54) is 16.3 Å². The van der Waals surface area contributed by atoms with Crippen molar-refractivity contribution in [3.05, 3.63) is 64.2 Å². The first-order valence-electron chi connectivity index (χ1n) is 10.7. The van der Waals surface area contributed by atoms with Gasteiger partial charge in [0.1, 0.15) is 6.04 Å². The Morgan fingerprint density at radius 3 is 2.30 bits per heavy atom. The van der Waals surface area contributed by atoms with Crippen LogP contribution in [0.1, 0.15) is 36.5 Å². The molecule has 2 amide bonds. The fourth-order valence-electron chi connectivity index (χ4n) is 3.53. The van der Waals surface area contributed by atoms with Gasteiger partial charge in [0.25, 0.3) is 0 Å². The van der Waals surface area contributed by atoms with E-state index in [0.29, 0.717) is 22.7 Å². The maximum atomic E-state index is 13.1. The molecule has 2 rings (SSSR count). The second-order valence-corrected chi connectivity index (χ2v) is 10.4. The highest BCUT2D eigenvalue weighted by atomic mass is 35.5. The van der Waals surface area contributed by atoms with Crippen LogP contribution in [0.25, 0.3) is 0 Å². The Labute approximate surface area is 201 Å². The number of benzene rings is 2. The van der Waals surface area contributed by atoms with E-state index in [0.717, 1.165) is 17.4 Å². The van der Waals surface area contributed by atoms with Crippen LogP contribution < -0.4 is 9.62 Å². The Kier molecular flexibility index (Phi) is 9.31. The quantitative estimate of drug-likeness (QED) is 0.547. The molecule has 9 heteroatoms. The summed E-state index contributed by atoms with van der Waals surface area (Å²) in [5, 5.41) is 3.06. The summed E-state index contributed by atoms with van der Waals surface area (Å²) < 4.78 is 26.2. The van der Waals surface area contributed by atoms with Crippen LogP contribution in [-0.4, -0.2) is 51.0 Å². The Balaban J connectivity index is 2.17. The molecule has 1 atom stereocenters. The maximum Gasteiger partial charge on any atom is 0.242 e. The Hall–Kier alpha value is -2.58. The lowest BCUT2D eigenvalue weighted by Gasteiger charge is -2.29. The SMILES string of the molecule is CNC(=O)[C@@H](C)N(Cc1ccc(C)cc1)C(=O)CCCN(c1cccc(Cl)c1C)S(C)(=O)=O. The zero-order valence-electron chi connectivity index (χ0n) is 19.8. The van der Waals surface area contributed by atoms with Gasteiger partial charge in [-0.15, -0.1) is 0 Å². The number of hydrogen-bond acceptors (Lipinski definition) is 4. The van der Waals surface area contributed by atoms with Gasteiger partial charge < -0.3 is 10.2 Å². The van der Waals surface area contributed by atoms with Crippen molar-refractivity contribution in [1.29, 1.82) is 0 Å². The summed E-state index contributed by atoms with van der Waals surface area (Å²) in [5.74, 6) is -0.481. The van der Waals surface area contributed by atoms with Crippen molar-refractivity contribution in [3.63, 3.8) is 0 Å². The molecule has 0 fully saturated rings. The molecule has 180 valence electrons. The van der Waals surface area contributed by atoms with Gasteiger partial charge in [-0.05, 0) is 50.5 Å². The van der Waals surface area contributed by atoms with E-state index >= 15 is 0 Å². The lowest BCUT2D eigenvalue weighted by atomic mass is 10.1. The first kappa shape index (κ1) is 26.7. The number of carbonyl (C=O) groups is 2. The van der Waals surface area contributed by atoms with Gasteiger partial charge in [0.15, 0.2) is 0 Å². The number of carbonyl (C=O) groups excluding carboxylic acids is 2. The minimum absolute atomic E-state index is 0.0961. The van der Waals surface area contributed by atoms with Gasteiger partial charge in [0, 0.05) is 31.6 Å². The normalized spacial score (nSPS) is 12.2. The zero-order chi connectivity index (χ0) is 24.8. The van der Waals surface area contributed by atoms with Gasteiger partial charge in [0.2, 0.25) is 21.8 Å².